The highest BCUT2D eigenvalue weighted by Gasteiger charge is 2.16. The summed E-state index contributed by atoms with van der Waals surface area (Å²) in [6.45, 7) is 2.42. The van der Waals surface area contributed by atoms with Crippen molar-refractivity contribution in [1.29, 1.82) is 0 Å². The third-order valence-electron chi connectivity index (χ3n) is 4.74. The lowest BCUT2D eigenvalue weighted by Gasteiger charge is -2.24. The summed E-state index contributed by atoms with van der Waals surface area (Å²) in [5.74, 6) is 0.649. The molecule has 28 heavy (non-hydrogen) atoms. The largest absolute Gasteiger partial charge is 0.497 e. The van der Waals surface area contributed by atoms with Crippen molar-refractivity contribution in [2.75, 3.05) is 26.8 Å². The molecule has 4 rings (SSSR count). The van der Waals surface area contributed by atoms with Crippen molar-refractivity contribution in [3.8, 4) is 11.4 Å². The first-order valence-electron chi connectivity index (χ1n) is 9.24. The molecule has 2 aromatic carbocycles. The average molecular weight is 378 g/mol. The van der Waals surface area contributed by atoms with E-state index in [0.717, 1.165) is 35.7 Å². The van der Waals surface area contributed by atoms with Crippen molar-refractivity contribution in [2.45, 2.75) is 12.5 Å². The van der Waals surface area contributed by atoms with E-state index in [1.54, 1.807) is 18.0 Å². The Morgan fingerprint density at radius 3 is 2.89 bits per heavy atom. The fraction of sp³-hybridized carbons (Fsp3) is 0.286. The molecule has 144 valence electrons. The van der Waals surface area contributed by atoms with Crippen LogP contribution in [0.1, 0.15) is 27.7 Å². The van der Waals surface area contributed by atoms with Crippen LogP contribution < -0.4 is 10.1 Å². The first kappa shape index (κ1) is 18.3. The number of ketones is 1. The number of morpholine rings is 1. The minimum atomic E-state index is -0.0718. The molecule has 0 aliphatic carbocycles. The zero-order valence-electron chi connectivity index (χ0n) is 15.7. The first-order chi connectivity index (χ1) is 13.7. The molecule has 0 bridgehead atoms. The van der Waals surface area contributed by atoms with Crippen LogP contribution in [0.3, 0.4) is 0 Å². The summed E-state index contributed by atoms with van der Waals surface area (Å²) >= 11 is 0. The zero-order chi connectivity index (χ0) is 19.3. The van der Waals surface area contributed by atoms with Gasteiger partial charge in [0.15, 0.2) is 5.78 Å². The van der Waals surface area contributed by atoms with E-state index >= 15 is 0 Å². The van der Waals surface area contributed by atoms with Gasteiger partial charge in [-0.25, -0.2) is 4.68 Å². The van der Waals surface area contributed by atoms with Gasteiger partial charge in [-0.3, -0.25) is 4.79 Å². The molecule has 1 fully saturated rings. The van der Waals surface area contributed by atoms with Crippen LogP contribution in [0.2, 0.25) is 0 Å². The normalized spacial score (nSPS) is 16.7. The number of hydrogen-bond acceptors (Lipinski definition) is 6. The van der Waals surface area contributed by atoms with Gasteiger partial charge < -0.3 is 14.8 Å². The van der Waals surface area contributed by atoms with Gasteiger partial charge in [-0.05, 0) is 23.3 Å². The molecule has 0 unspecified atom stereocenters. The average Bonchev–Trinajstić information content (AvgIpc) is 3.25. The Labute approximate surface area is 163 Å². The van der Waals surface area contributed by atoms with Gasteiger partial charge in [0.2, 0.25) is 0 Å². The van der Waals surface area contributed by atoms with E-state index in [0.29, 0.717) is 12.3 Å². The van der Waals surface area contributed by atoms with Gasteiger partial charge in [0.25, 0.3) is 0 Å². The van der Waals surface area contributed by atoms with Gasteiger partial charge in [-0.2, -0.15) is 0 Å². The summed E-state index contributed by atoms with van der Waals surface area (Å²) < 4.78 is 12.6. The molecule has 7 nitrogen and oxygen atoms in total. The van der Waals surface area contributed by atoms with Crippen molar-refractivity contribution >= 4 is 5.78 Å². The number of nitrogens with zero attached hydrogens (tertiary/aromatic N) is 3. The molecule has 1 atom stereocenters. The number of Topliss-reactive ketones (excluding diaryl/α,β-unsaturated/α-hetero) is 1. The number of methoxy groups -OCH3 is 1. The van der Waals surface area contributed by atoms with Gasteiger partial charge >= 0.3 is 0 Å². The summed E-state index contributed by atoms with van der Waals surface area (Å²) in [5.41, 5.74) is 3.18. The van der Waals surface area contributed by atoms with Gasteiger partial charge in [-0.15, -0.1) is 5.10 Å². The van der Waals surface area contributed by atoms with E-state index in [1.807, 2.05) is 48.5 Å². The number of carbonyl (C=O) groups is 1. The second-order valence-electron chi connectivity index (χ2n) is 6.65. The highest BCUT2D eigenvalue weighted by atomic mass is 16.5. The minimum Gasteiger partial charge on any atom is -0.497 e. The van der Waals surface area contributed by atoms with E-state index < -0.39 is 0 Å². The summed E-state index contributed by atoms with van der Waals surface area (Å²) in [5, 5.41) is 11.4. The minimum absolute atomic E-state index is 0.0706. The molecule has 0 radical (unpaired) electrons. The smallest absolute Gasteiger partial charge is 0.189 e. The molecule has 1 aliphatic heterocycles. The Balaban J connectivity index is 1.43. The molecule has 7 heteroatoms. The molecule has 0 spiro atoms. The Kier molecular flexibility index (Phi) is 5.45. The SMILES string of the molecule is COc1cccc(-n2cc(C(=O)Cc3ccc([C@H]4CNCCO4)cc3)nn2)c1. The fourth-order valence-corrected chi connectivity index (χ4v) is 3.18. The van der Waals surface area contributed by atoms with Crippen molar-refractivity contribution in [1.82, 2.24) is 20.3 Å². The monoisotopic (exact) mass is 378 g/mol. The van der Waals surface area contributed by atoms with Crippen LogP contribution in [-0.4, -0.2) is 47.6 Å². The van der Waals surface area contributed by atoms with Crippen LogP contribution in [0.25, 0.3) is 5.69 Å². The lowest BCUT2D eigenvalue weighted by molar-refractivity contribution is 0.0277. The quantitative estimate of drug-likeness (QED) is 0.664. The second kappa shape index (κ2) is 8.33. The third kappa shape index (κ3) is 4.11. The fourth-order valence-electron chi connectivity index (χ4n) is 3.18. The van der Waals surface area contributed by atoms with E-state index in [-0.39, 0.29) is 18.3 Å². The Bertz CT molecular complexity index is 946. The predicted molar refractivity (Wildman–Crippen MR) is 104 cm³/mol. The number of benzene rings is 2. The standard InChI is InChI=1S/C21H22N4O3/c1-27-18-4-2-3-17(12-18)25-14-19(23-24-25)20(26)11-15-5-7-16(8-6-15)21-13-22-9-10-28-21/h2-8,12,14,21-22H,9-11,13H2,1H3/t21-/m1/s1. The van der Waals surface area contributed by atoms with Crippen molar-refractivity contribution in [2.24, 2.45) is 0 Å². The lowest BCUT2D eigenvalue weighted by atomic mass is 10.0. The van der Waals surface area contributed by atoms with Gasteiger partial charge in [0.05, 0.1) is 31.7 Å². The number of hydrogen-bond donors (Lipinski definition) is 1. The van der Waals surface area contributed by atoms with E-state index in [2.05, 4.69) is 15.6 Å². The van der Waals surface area contributed by atoms with Gasteiger partial charge in [-0.1, -0.05) is 35.5 Å². The predicted octanol–water partition coefficient (Wildman–Crippen LogP) is 2.36. The Morgan fingerprint density at radius 1 is 1.29 bits per heavy atom. The van der Waals surface area contributed by atoms with Gasteiger partial charge in [0.1, 0.15) is 11.4 Å². The summed E-state index contributed by atoms with van der Waals surface area (Å²) in [6.07, 6.45) is 2.00. The molecule has 0 amide bonds. The first-order valence-corrected chi connectivity index (χ1v) is 9.24. The highest BCUT2D eigenvalue weighted by molar-refractivity contribution is 5.95. The molecular formula is C21H22N4O3. The van der Waals surface area contributed by atoms with Crippen LogP contribution in [0, 0.1) is 0 Å². The summed E-state index contributed by atoms with van der Waals surface area (Å²) in [6, 6.07) is 15.4. The van der Waals surface area contributed by atoms with Crippen molar-refractivity contribution < 1.29 is 14.3 Å². The second-order valence-corrected chi connectivity index (χ2v) is 6.65. The van der Waals surface area contributed by atoms with Crippen LogP contribution in [0.4, 0.5) is 0 Å². The highest BCUT2D eigenvalue weighted by Crippen LogP contribution is 2.20. The van der Waals surface area contributed by atoms with Crippen molar-refractivity contribution in [3.63, 3.8) is 0 Å². The van der Waals surface area contributed by atoms with E-state index in [1.165, 1.54) is 0 Å². The number of aromatic nitrogens is 3. The number of carbonyl (C=O) groups excluding carboxylic acids is 1. The van der Waals surface area contributed by atoms with Crippen LogP contribution in [-0.2, 0) is 11.2 Å². The molecule has 2 heterocycles. The lowest BCUT2D eigenvalue weighted by Crippen LogP contribution is -2.33. The third-order valence-corrected chi connectivity index (χ3v) is 4.74. The van der Waals surface area contributed by atoms with Crippen LogP contribution >= 0.6 is 0 Å². The molecular weight excluding hydrogens is 356 g/mol. The summed E-state index contributed by atoms with van der Waals surface area (Å²) in [4.78, 5) is 12.6. The van der Waals surface area contributed by atoms with Crippen molar-refractivity contribution in [3.05, 3.63) is 71.5 Å². The topological polar surface area (TPSA) is 78.3 Å². The molecule has 1 aromatic heterocycles. The Hall–Kier alpha value is -3.03. The molecule has 1 N–H and O–H groups in total. The summed E-state index contributed by atoms with van der Waals surface area (Å²) in [7, 11) is 1.61. The maximum atomic E-state index is 12.6. The maximum Gasteiger partial charge on any atom is 0.189 e. The van der Waals surface area contributed by atoms with Crippen LogP contribution in [0.15, 0.2) is 54.7 Å². The number of ether oxygens (including phenoxy) is 2. The molecule has 1 saturated heterocycles. The molecule has 3 aromatic rings. The molecule has 0 saturated carbocycles. The van der Waals surface area contributed by atoms with E-state index in [4.69, 9.17) is 9.47 Å². The Morgan fingerprint density at radius 2 is 2.14 bits per heavy atom. The zero-order valence-corrected chi connectivity index (χ0v) is 15.7. The number of nitrogens with one attached hydrogen (secondary N) is 1. The molecule has 1 aliphatic rings. The number of rotatable bonds is 6. The van der Waals surface area contributed by atoms with E-state index in [9.17, 15) is 4.79 Å². The van der Waals surface area contributed by atoms with Gasteiger partial charge in [0, 0.05) is 25.6 Å². The van der Waals surface area contributed by atoms with Crippen LogP contribution in [0.5, 0.6) is 5.75 Å². The maximum absolute atomic E-state index is 12.6.